The lowest BCUT2D eigenvalue weighted by molar-refractivity contribution is 0.621. The van der Waals surface area contributed by atoms with Gasteiger partial charge in [-0.2, -0.15) is 0 Å². The van der Waals surface area contributed by atoms with E-state index in [1.165, 1.54) is 12.1 Å². The Bertz CT molecular complexity index is 791. The number of halogens is 2. The number of nitrogens with zero attached hydrogens (tertiary/aromatic N) is 2. The SMILES string of the molecule is NC(Cc1ccc(Cl)c(F)c1)c1cnc2ccccc2n1. The number of nitrogens with two attached hydrogens (primary N) is 1. The number of hydrogen-bond acceptors (Lipinski definition) is 3. The Morgan fingerprint density at radius 1 is 1.14 bits per heavy atom. The monoisotopic (exact) mass is 301 g/mol. The zero-order valence-corrected chi connectivity index (χ0v) is 11.9. The Balaban J connectivity index is 1.85. The number of rotatable bonds is 3. The van der Waals surface area contributed by atoms with Crippen LogP contribution in [0.1, 0.15) is 17.3 Å². The van der Waals surface area contributed by atoms with Crippen LogP contribution in [0.4, 0.5) is 4.39 Å². The maximum Gasteiger partial charge on any atom is 0.142 e. The molecule has 0 spiro atoms. The van der Waals surface area contributed by atoms with Crippen LogP contribution in [0.5, 0.6) is 0 Å². The van der Waals surface area contributed by atoms with Crippen molar-refractivity contribution in [1.29, 1.82) is 0 Å². The third-order valence-electron chi connectivity index (χ3n) is 3.29. The molecule has 0 amide bonds. The van der Waals surface area contributed by atoms with Gasteiger partial charge in [0.15, 0.2) is 0 Å². The van der Waals surface area contributed by atoms with Crippen LogP contribution >= 0.6 is 11.6 Å². The van der Waals surface area contributed by atoms with Crippen LogP contribution in [0.2, 0.25) is 5.02 Å². The number of aromatic nitrogens is 2. The number of hydrogen-bond donors (Lipinski definition) is 1. The zero-order valence-electron chi connectivity index (χ0n) is 11.1. The highest BCUT2D eigenvalue weighted by Gasteiger charge is 2.11. The fourth-order valence-corrected chi connectivity index (χ4v) is 2.29. The fraction of sp³-hybridized carbons (Fsp3) is 0.125. The number of benzene rings is 2. The third kappa shape index (κ3) is 3.01. The van der Waals surface area contributed by atoms with Gasteiger partial charge in [-0.15, -0.1) is 0 Å². The van der Waals surface area contributed by atoms with E-state index in [-0.39, 0.29) is 11.1 Å². The summed E-state index contributed by atoms with van der Waals surface area (Å²) < 4.78 is 13.4. The van der Waals surface area contributed by atoms with E-state index in [2.05, 4.69) is 9.97 Å². The summed E-state index contributed by atoms with van der Waals surface area (Å²) >= 11 is 5.67. The molecular formula is C16H13ClFN3. The molecule has 0 saturated carbocycles. The van der Waals surface area contributed by atoms with Crippen molar-refractivity contribution in [3.63, 3.8) is 0 Å². The summed E-state index contributed by atoms with van der Waals surface area (Å²) in [5.41, 5.74) is 9.23. The summed E-state index contributed by atoms with van der Waals surface area (Å²) in [6.07, 6.45) is 2.14. The van der Waals surface area contributed by atoms with Crippen LogP contribution in [-0.4, -0.2) is 9.97 Å². The average molecular weight is 302 g/mol. The summed E-state index contributed by atoms with van der Waals surface area (Å²) in [7, 11) is 0. The van der Waals surface area contributed by atoms with Crippen LogP contribution in [0.3, 0.4) is 0 Å². The molecule has 0 bridgehead atoms. The van der Waals surface area contributed by atoms with Gasteiger partial charge >= 0.3 is 0 Å². The molecule has 106 valence electrons. The van der Waals surface area contributed by atoms with E-state index < -0.39 is 5.82 Å². The molecule has 0 radical (unpaired) electrons. The number of para-hydroxylation sites is 2. The van der Waals surface area contributed by atoms with Crippen molar-refractivity contribution in [3.05, 3.63) is 70.8 Å². The van der Waals surface area contributed by atoms with Gasteiger partial charge < -0.3 is 5.73 Å². The Hall–Kier alpha value is -2.04. The topological polar surface area (TPSA) is 51.8 Å². The van der Waals surface area contributed by atoms with Crippen molar-refractivity contribution in [1.82, 2.24) is 9.97 Å². The van der Waals surface area contributed by atoms with Gasteiger partial charge in [0.1, 0.15) is 5.82 Å². The fourth-order valence-electron chi connectivity index (χ4n) is 2.18. The van der Waals surface area contributed by atoms with Crippen LogP contribution in [0.15, 0.2) is 48.7 Å². The molecule has 0 saturated heterocycles. The van der Waals surface area contributed by atoms with Crippen molar-refractivity contribution >= 4 is 22.6 Å². The molecular weight excluding hydrogens is 289 g/mol. The van der Waals surface area contributed by atoms with Gasteiger partial charge in [-0.05, 0) is 36.2 Å². The van der Waals surface area contributed by atoms with Crippen molar-refractivity contribution in [2.24, 2.45) is 5.73 Å². The van der Waals surface area contributed by atoms with E-state index in [1.807, 2.05) is 24.3 Å². The second kappa shape index (κ2) is 5.76. The van der Waals surface area contributed by atoms with Crippen molar-refractivity contribution in [3.8, 4) is 0 Å². The van der Waals surface area contributed by atoms with E-state index in [9.17, 15) is 4.39 Å². The highest BCUT2D eigenvalue weighted by Crippen LogP contribution is 2.20. The van der Waals surface area contributed by atoms with E-state index in [0.717, 1.165) is 16.6 Å². The Labute approximate surface area is 126 Å². The largest absolute Gasteiger partial charge is 0.322 e. The maximum atomic E-state index is 13.4. The zero-order chi connectivity index (χ0) is 14.8. The second-order valence-corrected chi connectivity index (χ2v) is 5.25. The quantitative estimate of drug-likeness (QED) is 0.803. The first-order valence-electron chi connectivity index (χ1n) is 6.54. The summed E-state index contributed by atoms with van der Waals surface area (Å²) in [5.74, 6) is -0.439. The van der Waals surface area contributed by atoms with Crippen molar-refractivity contribution in [2.45, 2.75) is 12.5 Å². The molecule has 3 aromatic rings. The molecule has 0 aliphatic heterocycles. The highest BCUT2D eigenvalue weighted by atomic mass is 35.5. The van der Waals surface area contributed by atoms with Gasteiger partial charge in [-0.1, -0.05) is 29.8 Å². The minimum atomic E-state index is -0.439. The Kier molecular flexibility index (Phi) is 3.82. The molecule has 3 rings (SSSR count). The highest BCUT2D eigenvalue weighted by molar-refractivity contribution is 6.30. The van der Waals surface area contributed by atoms with Gasteiger partial charge in [0.05, 0.1) is 34.0 Å². The normalized spacial score (nSPS) is 12.5. The standard InChI is InChI=1S/C16H13ClFN3/c17-11-6-5-10(7-12(11)18)8-13(19)16-9-20-14-3-1-2-4-15(14)21-16/h1-7,9,13H,8,19H2. The Morgan fingerprint density at radius 2 is 1.90 bits per heavy atom. The molecule has 2 N–H and O–H groups in total. The molecule has 1 atom stereocenters. The van der Waals surface area contributed by atoms with E-state index >= 15 is 0 Å². The molecule has 1 aromatic heterocycles. The predicted molar refractivity (Wildman–Crippen MR) is 81.6 cm³/mol. The summed E-state index contributed by atoms with van der Waals surface area (Å²) in [4.78, 5) is 8.84. The summed E-state index contributed by atoms with van der Waals surface area (Å²) in [5, 5.41) is 0.109. The predicted octanol–water partition coefficient (Wildman–Crippen LogP) is 3.66. The molecule has 0 fully saturated rings. The molecule has 0 aliphatic rings. The lowest BCUT2D eigenvalue weighted by atomic mass is 10.0. The van der Waals surface area contributed by atoms with Gasteiger partial charge in [0, 0.05) is 0 Å². The molecule has 1 heterocycles. The van der Waals surface area contributed by atoms with E-state index in [4.69, 9.17) is 17.3 Å². The first kappa shape index (κ1) is 13.9. The van der Waals surface area contributed by atoms with Crippen LogP contribution < -0.4 is 5.73 Å². The second-order valence-electron chi connectivity index (χ2n) is 4.84. The van der Waals surface area contributed by atoms with Gasteiger partial charge in [0.25, 0.3) is 0 Å². The van der Waals surface area contributed by atoms with E-state index in [1.54, 1.807) is 12.3 Å². The Morgan fingerprint density at radius 3 is 2.67 bits per heavy atom. The minimum Gasteiger partial charge on any atom is -0.322 e. The summed E-state index contributed by atoms with van der Waals surface area (Å²) in [6, 6.07) is 11.9. The van der Waals surface area contributed by atoms with Crippen molar-refractivity contribution in [2.75, 3.05) is 0 Å². The number of fused-ring (bicyclic) bond motifs is 1. The van der Waals surface area contributed by atoms with E-state index in [0.29, 0.717) is 12.1 Å². The molecule has 0 aliphatic carbocycles. The van der Waals surface area contributed by atoms with Gasteiger partial charge in [-0.25, -0.2) is 9.37 Å². The molecule has 3 nitrogen and oxygen atoms in total. The smallest absolute Gasteiger partial charge is 0.142 e. The summed E-state index contributed by atoms with van der Waals surface area (Å²) in [6.45, 7) is 0. The van der Waals surface area contributed by atoms with Crippen LogP contribution in [0, 0.1) is 5.82 Å². The maximum absolute atomic E-state index is 13.4. The molecule has 2 aromatic carbocycles. The van der Waals surface area contributed by atoms with Gasteiger partial charge in [-0.3, -0.25) is 4.98 Å². The molecule has 21 heavy (non-hydrogen) atoms. The molecule has 1 unspecified atom stereocenters. The average Bonchev–Trinajstić information content (AvgIpc) is 2.50. The van der Waals surface area contributed by atoms with Crippen LogP contribution in [0.25, 0.3) is 11.0 Å². The van der Waals surface area contributed by atoms with Crippen molar-refractivity contribution < 1.29 is 4.39 Å². The lowest BCUT2D eigenvalue weighted by Crippen LogP contribution is -2.15. The first-order chi connectivity index (χ1) is 10.1. The van der Waals surface area contributed by atoms with Gasteiger partial charge in [0.2, 0.25) is 0 Å². The molecule has 5 heteroatoms. The van der Waals surface area contributed by atoms with Crippen LogP contribution in [-0.2, 0) is 6.42 Å². The lowest BCUT2D eigenvalue weighted by Gasteiger charge is -2.12. The first-order valence-corrected chi connectivity index (χ1v) is 6.92. The third-order valence-corrected chi connectivity index (χ3v) is 3.59. The minimum absolute atomic E-state index is 0.109.